The molecular formula is C22H22F5N5O3. The Morgan fingerprint density at radius 2 is 1.77 bits per heavy atom. The van der Waals surface area contributed by atoms with Crippen LogP contribution >= 0.6 is 0 Å². The van der Waals surface area contributed by atoms with Gasteiger partial charge in [-0.1, -0.05) is 12.1 Å². The number of aliphatic carboxylic acids is 1. The summed E-state index contributed by atoms with van der Waals surface area (Å²) in [6.45, 7) is 3.16. The summed E-state index contributed by atoms with van der Waals surface area (Å²) in [5.74, 6) is -5.21. The van der Waals surface area contributed by atoms with Crippen LogP contribution in [0.3, 0.4) is 0 Å². The summed E-state index contributed by atoms with van der Waals surface area (Å²) in [5.41, 5.74) is 2.36. The number of pyridine rings is 2. The number of piperidine rings is 1. The second kappa shape index (κ2) is 10.3. The molecule has 0 atom stereocenters. The van der Waals surface area contributed by atoms with Crippen LogP contribution in [0.4, 0.5) is 27.8 Å². The van der Waals surface area contributed by atoms with Crippen molar-refractivity contribution in [2.24, 2.45) is 0 Å². The van der Waals surface area contributed by atoms with E-state index in [0.29, 0.717) is 25.5 Å². The molecule has 0 unspecified atom stereocenters. The number of amides is 1. The first kappa shape index (κ1) is 26.0. The first-order chi connectivity index (χ1) is 16.4. The van der Waals surface area contributed by atoms with Gasteiger partial charge in [-0.2, -0.15) is 13.2 Å². The number of nitrogens with zero attached hydrogens (tertiary/aromatic N) is 3. The van der Waals surface area contributed by atoms with Crippen LogP contribution in [0.2, 0.25) is 0 Å². The molecule has 1 aliphatic heterocycles. The molecular weight excluding hydrogens is 477 g/mol. The number of aromatic nitrogens is 3. The Kier molecular flexibility index (Phi) is 7.68. The van der Waals surface area contributed by atoms with E-state index in [0.717, 1.165) is 21.8 Å². The minimum atomic E-state index is -5.19. The average molecular weight is 499 g/mol. The summed E-state index contributed by atoms with van der Waals surface area (Å²) >= 11 is 0. The minimum Gasteiger partial charge on any atom is -0.542 e. The number of carboxylic acids is 1. The van der Waals surface area contributed by atoms with Crippen molar-refractivity contribution in [1.29, 1.82) is 0 Å². The van der Waals surface area contributed by atoms with Gasteiger partial charge in [-0.05, 0) is 31.2 Å². The van der Waals surface area contributed by atoms with Crippen LogP contribution in [0.15, 0.2) is 42.6 Å². The monoisotopic (exact) mass is 499 g/mol. The van der Waals surface area contributed by atoms with Crippen LogP contribution in [0, 0.1) is 6.92 Å². The number of hydrogen-bond donors (Lipinski definition) is 2. The molecule has 8 nitrogen and oxygen atoms in total. The SMILES string of the molecule is Cc1cccc(NC(=O)c2nc(C[NH+]3CCC(F)(F)CC3)c3ccccn23)n1.O=C([O-])C(F)(F)F. The second-order valence-electron chi connectivity index (χ2n) is 8.02. The van der Waals surface area contributed by atoms with Crippen LogP contribution < -0.4 is 15.3 Å². The molecule has 0 bridgehead atoms. The smallest absolute Gasteiger partial charge is 0.430 e. The lowest BCUT2D eigenvalue weighted by molar-refractivity contribution is -0.921. The van der Waals surface area contributed by atoms with Crippen LogP contribution in [-0.2, 0) is 11.3 Å². The summed E-state index contributed by atoms with van der Waals surface area (Å²) in [7, 11) is 0. The number of imidazole rings is 1. The maximum atomic E-state index is 13.4. The van der Waals surface area contributed by atoms with E-state index in [-0.39, 0.29) is 24.6 Å². The summed E-state index contributed by atoms with van der Waals surface area (Å²) in [5, 5.41) is 11.6. The van der Waals surface area contributed by atoms with Gasteiger partial charge < -0.3 is 20.1 Å². The van der Waals surface area contributed by atoms with Crippen molar-refractivity contribution in [3.05, 3.63) is 59.8 Å². The summed E-state index contributed by atoms with van der Waals surface area (Å²) in [4.78, 5) is 31.5. The molecule has 4 rings (SSSR count). The van der Waals surface area contributed by atoms with E-state index in [1.165, 1.54) is 0 Å². The number of aryl methyl sites for hydroxylation is 1. The molecule has 0 aliphatic carbocycles. The maximum Gasteiger partial charge on any atom is 0.430 e. The quantitative estimate of drug-likeness (QED) is 0.529. The van der Waals surface area contributed by atoms with Crippen molar-refractivity contribution >= 4 is 23.2 Å². The highest BCUT2D eigenvalue weighted by Crippen LogP contribution is 2.23. The van der Waals surface area contributed by atoms with Crippen LogP contribution in [0.1, 0.15) is 34.8 Å². The van der Waals surface area contributed by atoms with Crippen molar-refractivity contribution in [2.45, 2.75) is 38.4 Å². The Labute approximate surface area is 196 Å². The fraction of sp³-hybridized carbons (Fsp3) is 0.364. The number of likely N-dealkylation sites (tertiary alicyclic amines) is 1. The van der Waals surface area contributed by atoms with Gasteiger partial charge in [0.1, 0.15) is 24.0 Å². The summed E-state index contributed by atoms with van der Waals surface area (Å²) < 4.78 is 60.1. The number of carboxylic acid groups (broad SMARTS) is 1. The van der Waals surface area contributed by atoms with Crippen molar-refractivity contribution in [1.82, 2.24) is 14.4 Å². The lowest BCUT2D eigenvalue weighted by Gasteiger charge is -2.28. The van der Waals surface area contributed by atoms with Gasteiger partial charge in [0.25, 0.3) is 11.8 Å². The molecule has 0 saturated carbocycles. The van der Waals surface area contributed by atoms with Gasteiger partial charge in [0.2, 0.25) is 5.82 Å². The normalized spacial score (nSPS) is 15.8. The van der Waals surface area contributed by atoms with Crippen molar-refractivity contribution in [2.75, 3.05) is 18.4 Å². The van der Waals surface area contributed by atoms with Gasteiger partial charge in [-0.15, -0.1) is 0 Å². The van der Waals surface area contributed by atoms with E-state index < -0.39 is 18.1 Å². The highest BCUT2D eigenvalue weighted by molar-refractivity contribution is 6.02. The highest BCUT2D eigenvalue weighted by Gasteiger charge is 2.37. The van der Waals surface area contributed by atoms with Crippen molar-refractivity contribution < 1.29 is 41.5 Å². The zero-order chi connectivity index (χ0) is 25.8. The number of carbonyl (C=O) groups is 2. The number of carbonyl (C=O) groups excluding carboxylic acids is 2. The topological polar surface area (TPSA) is 104 Å². The van der Waals surface area contributed by atoms with Crippen molar-refractivity contribution in [3.63, 3.8) is 0 Å². The molecule has 0 spiro atoms. The van der Waals surface area contributed by atoms with E-state index in [4.69, 9.17) is 9.90 Å². The molecule has 2 N–H and O–H groups in total. The molecule has 1 fully saturated rings. The van der Waals surface area contributed by atoms with E-state index >= 15 is 0 Å². The number of fused-ring (bicyclic) bond motifs is 1. The Morgan fingerprint density at radius 3 is 2.37 bits per heavy atom. The zero-order valence-electron chi connectivity index (χ0n) is 18.5. The molecule has 13 heteroatoms. The number of rotatable bonds is 4. The van der Waals surface area contributed by atoms with Gasteiger partial charge in [0.15, 0.2) is 0 Å². The van der Waals surface area contributed by atoms with E-state index in [9.17, 15) is 26.7 Å². The lowest BCUT2D eigenvalue weighted by Crippen LogP contribution is -3.12. The van der Waals surface area contributed by atoms with E-state index in [1.807, 2.05) is 37.3 Å². The Hall–Kier alpha value is -3.61. The van der Waals surface area contributed by atoms with Crippen LogP contribution in [-0.4, -0.2) is 51.4 Å². The Bertz CT molecular complexity index is 1200. The third-order valence-corrected chi connectivity index (χ3v) is 5.30. The number of hydrogen-bond acceptors (Lipinski definition) is 5. The predicted molar refractivity (Wildman–Crippen MR) is 112 cm³/mol. The molecule has 1 amide bonds. The van der Waals surface area contributed by atoms with Gasteiger partial charge >= 0.3 is 6.18 Å². The molecule has 1 saturated heterocycles. The molecule has 4 heterocycles. The molecule has 35 heavy (non-hydrogen) atoms. The molecule has 3 aromatic heterocycles. The van der Waals surface area contributed by atoms with E-state index in [2.05, 4.69) is 15.3 Å². The zero-order valence-corrected chi connectivity index (χ0v) is 18.5. The van der Waals surface area contributed by atoms with Crippen LogP contribution in [0.25, 0.3) is 5.52 Å². The number of alkyl halides is 5. The van der Waals surface area contributed by atoms with E-state index in [1.54, 1.807) is 16.7 Å². The van der Waals surface area contributed by atoms with Gasteiger partial charge in [-0.3, -0.25) is 9.20 Å². The third kappa shape index (κ3) is 6.94. The fourth-order valence-electron chi connectivity index (χ4n) is 3.56. The Morgan fingerprint density at radius 1 is 1.11 bits per heavy atom. The number of halogens is 5. The molecule has 0 radical (unpaired) electrons. The number of nitrogens with one attached hydrogen (secondary N) is 2. The van der Waals surface area contributed by atoms with Crippen LogP contribution in [0.5, 0.6) is 0 Å². The lowest BCUT2D eigenvalue weighted by atomic mass is 10.1. The Balaban J connectivity index is 0.000000429. The molecule has 3 aromatic rings. The second-order valence-corrected chi connectivity index (χ2v) is 8.02. The van der Waals surface area contributed by atoms with Gasteiger partial charge in [0.05, 0.1) is 31.4 Å². The standard InChI is InChI=1S/C20H21F2N5O.C2HF3O2/c1-14-5-4-7-17(23-14)25-19(28)18-24-15(16-6-2-3-10-27(16)18)13-26-11-8-20(21,22)9-12-26;3-2(4,5)1(6)7/h2-7,10H,8-9,11-13H2,1H3,(H,23,25,28);(H,6,7). The first-order valence-corrected chi connectivity index (χ1v) is 10.6. The van der Waals surface area contributed by atoms with Gasteiger partial charge in [0, 0.05) is 11.9 Å². The largest absolute Gasteiger partial charge is 0.542 e. The minimum absolute atomic E-state index is 0.111. The first-order valence-electron chi connectivity index (χ1n) is 10.6. The number of anilines is 1. The molecule has 188 valence electrons. The predicted octanol–water partition coefficient (Wildman–Crippen LogP) is 1.40. The summed E-state index contributed by atoms with van der Waals surface area (Å²) in [6.07, 6.45) is -3.63. The molecule has 0 aromatic carbocycles. The summed E-state index contributed by atoms with van der Waals surface area (Å²) in [6, 6.07) is 11.0. The van der Waals surface area contributed by atoms with Crippen molar-refractivity contribution in [3.8, 4) is 0 Å². The highest BCUT2D eigenvalue weighted by atomic mass is 19.4. The third-order valence-electron chi connectivity index (χ3n) is 5.30. The molecule has 1 aliphatic rings. The maximum absolute atomic E-state index is 13.4. The number of quaternary nitrogens is 1. The van der Waals surface area contributed by atoms with Gasteiger partial charge in [-0.25, -0.2) is 18.7 Å². The average Bonchev–Trinajstić information content (AvgIpc) is 3.14. The fourth-order valence-corrected chi connectivity index (χ4v) is 3.56.